The maximum Gasteiger partial charge on any atom is 0.265 e. The van der Waals surface area contributed by atoms with Crippen LogP contribution in [0.2, 0.25) is 5.02 Å². The molecule has 35 heavy (non-hydrogen) atoms. The number of nitrogens with zero attached hydrogens (tertiary/aromatic N) is 3. The van der Waals surface area contributed by atoms with Gasteiger partial charge in [-0.15, -0.1) is 0 Å². The molecule has 6 nitrogen and oxygen atoms in total. The zero-order valence-electron chi connectivity index (χ0n) is 19.4. The zero-order chi connectivity index (χ0) is 24.2. The van der Waals surface area contributed by atoms with Gasteiger partial charge in [-0.25, -0.2) is 4.57 Å². The van der Waals surface area contributed by atoms with Gasteiger partial charge in [0.15, 0.2) is 0 Å². The molecule has 5 rings (SSSR count). The summed E-state index contributed by atoms with van der Waals surface area (Å²) in [7, 11) is 0. The number of aromatic hydroxyl groups is 1. The third-order valence-corrected chi connectivity index (χ3v) is 6.86. The first-order valence-corrected chi connectivity index (χ1v) is 12.4. The molecule has 0 amide bonds. The Balaban J connectivity index is 1.55. The van der Waals surface area contributed by atoms with Crippen LogP contribution in [0.1, 0.15) is 43.0 Å². The van der Waals surface area contributed by atoms with Crippen LogP contribution in [0.15, 0.2) is 81.1 Å². The zero-order valence-corrected chi connectivity index (χ0v) is 20.2. The second-order valence-electron chi connectivity index (χ2n) is 8.88. The molecule has 1 aliphatic rings. The molecule has 0 aliphatic carbocycles. The first-order valence-electron chi connectivity index (χ1n) is 12.0. The molecule has 2 aromatic carbocycles. The third-order valence-electron chi connectivity index (χ3n) is 6.62. The van der Waals surface area contributed by atoms with Crippen LogP contribution in [0.4, 0.5) is 0 Å². The Hall–Kier alpha value is -3.35. The molecule has 0 unspecified atom stereocenters. The van der Waals surface area contributed by atoms with Crippen LogP contribution in [0.3, 0.4) is 0 Å². The van der Waals surface area contributed by atoms with Crippen LogP contribution in [-0.4, -0.2) is 40.4 Å². The van der Waals surface area contributed by atoms with Gasteiger partial charge >= 0.3 is 0 Å². The van der Waals surface area contributed by atoms with E-state index in [1.54, 1.807) is 42.8 Å². The second kappa shape index (κ2) is 10.5. The average Bonchev–Trinajstić information content (AvgIpc) is 3.26. The molecular formula is C28H28ClN3O3. The van der Waals surface area contributed by atoms with E-state index in [1.165, 1.54) is 17.4 Å². The first-order chi connectivity index (χ1) is 17.1. The summed E-state index contributed by atoms with van der Waals surface area (Å²) >= 11 is 6.17. The normalized spacial score (nSPS) is 16.0. The van der Waals surface area contributed by atoms with Crippen molar-refractivity contribution in [1.82, 2.24) is 9.47 Å². The molecule has 1 atom stereocenters. The Morgan fingerprint density at radius 3 is 2.49 bits per heavy atom. The monoisotopic (exact) mass is 489 g/mol. The van der Waals surface area contributed by atoms with Gasteiger partial charge < -0.3 is 9.52 Å². The number of aliphatic imine (C=N–C) groups is 1. The molecule has 1 saturated heterocycles. The van der Waals surface area contributed by atoms with E-state index in [0.717, 1.165) is 31.7 Å². The van der Waals surface area contributed by atoms with E-state index in [-0.39, 0.29) is 17.5 Å². The second-order valence-corrected chi connectivity index (χ2v) is 9.32. The van der Waals surface area contributed by atoms with Gasteiger partial charge in [-0.2, -0.15) is 0 Å². The molecule has 4 aromatic rings. The minimum atomic E-state index is -0.310. The summed E-state index contributed by atoms with van der Waals surface area (Å²) in [5.41, 5.74) is 0.684. The molecular weight excluding hydrogens is 462 g/mol. The summed E-state index contributed by atoms with van der Waals surface area (Å²) in [6.07, 6.45) is 8.19. The summed E-state index contributed by atoms with van der Waals surface area (Å²) in [5, 5.41) is 12.9. The van der Waals surface area contributed by atoms with Crippen molar-refractivity contribution in [1.29, 1.82) is 0 Å². The summed E-state index contributed by atoms with van der Waals surface area (Å²) < 4.78 is 7.05. The number of rotatable bonds is 6. The molecule has 0 radical (unpaired) electrons. The van der Waals surface area contributed by atoms with Gasteiger partial charge in [-0.3, -0.25) is 14.7 Å². The SMILES string of the molecule is O=c1c2ccccc2c(C=NC[C@@H](c2ccco2)N2CCCCCC2)c(O)n1-c1cccc(Cl)c1. The number of pyridine rings is 1. The molecule has 0 bridgehead atoms. The number of fused-ring (bicyclic) bond motifs is 1. The van der Waals surface area contributed by atoms with Crippen molar-refractivity contribution in [2.24, 2.45) is 4.99 Å². The fourth-order valence-electron chi connectivity index (χ4n) is 4.86. The van der Waals surface area contributed by atoms with Crippen molar-refractivity contribution >= 4 is 28.6 Å². The Bertz CT molecular complexity index is 1390. The van der Waals surface area contributed by atoms with E-state index in [2.05, 4.69) is 4.90 Å². The van der Waals surface area contributed by atoms with Gasteiger partial charge in [0.25, 0.3) is 5.56 Å². The van der Waals surface area contributed by atoms with Crippen LogP contribution in [-0.2, 0) is 0 Å². The van der Waals surface area contributed by atoms with E-state index in [4.69, 9.17) is 21.0 Å². The largest absolute Gasteiger partial charge is 0.494 e. The molecule has 0 saturated carbocycles. The number of likely N-dealkylation sites (tertiary alicyclic amines) is 1. The van der Waals surface area contributed by atoms with E-state index < -0.39 is 0 Å². The first kappa shape index (κ1) is 23.4. The van der Waals surface area contributed by atoms with Gasteiger partial charge in [0, 0.05) is 22.0 Å². The maximum atomic E-state index is 13.3. The lowest BCUT2D eigenvalue weighted by Gasteiger charge is -2.27. The van der Waals surface area contributed by atoms with Crippen LogP contribution in [0.5, 0.6) is 5.88 Å². The number of benzene rings is 2. The van der Waals surface area contributed by atoms with Crippen LogP contribution in [0, 0.1) is 0 Å². The number of furan rings is 1. The van der Waals surface area contributed by atoms with E-state index in [0.29, 0.717) is 33.6 Å². The summed E-state index contributed by atoms with van der Waals surface area (Å²) in [4.78, 5) is 20.5. The summed E-state index contributed by atoms with van der Waals surface area (Å²) in [6.45, 7) is 2.50. The van der Waals surface area contributed by atoms with Crippen molar-refractivity contribution in [3.8, 4) is 11.6 Å². The number of hydrogen-bond donors (Lipinski definition) is 1. The third kappa shape index (κ3) is 4.90. The molecule has 1 aliphatic heterocycles. The lowest BCUT2D eigenvalue weighted by atomic mass is 10.1. The molecule has 180 valence electrons. The van der Waals surface area contributed by atoms with Gasteiger partial charge in [-0.05, 0) is 62.3 Å². The van der Waals surface area contributed by atoms with Crippen molar-refractivity contribution in [2.75, 3.05) is 19.6 Å². The predicted molar refractivity (Wildman–Crippen MR) is 140 cm³/mol. The number of halogens is 1. The van der Waals surface area contributed by atoms with Crippen molar-refractivity contribution in [3.05, 3.63) is 93.6 Å². The van der Waals surface area contributed by atoms with Gasteiger partial charge in [-0.1, -0.05) is 48.7 Å². The number of hydrogen-bond acceptors (Lipinski definition) is 5. The Morgan fingerprint density at radius 1 is 1.00 bits per heavy atom. The highest BCUT2D eigenvalue weighted by atomic mass is 35.5. The molecule has 1 fully saturated rings. The predicted octanol–water partition coefficient (Wildman–Crippen LogP) is 5.98. The Morgan fingerprint density at radius 2 is 1.77 bits per heavy atom. The van der Waals surface area contributed by atoms with Crippen LogP contribution >= 0.6 is 11.6 Å². The topological polar surface area (TPSA) is 71.0 Å². The number of aromatic nitrogens is 1. The van der Waals surface area contributed by atoms with E-state index in [9.17, 15) is 9.90 Å². The van der Waals surface area contributed by atoms with Crippen molar-refractivity contribution in [3.63, 3.8) is 0 Å². The molecule has 3 heterocycles. The smallest absolute Gasteiger partial charge is 0.265 e. The van der Waals surface area contributed by atoms with Crippen molar-refractivity contribution in [2.45, 2.75) is 31.7 Å². The highest BCUT2D eigenvalue weighted by molar-refractivity contribution is 6.30. The van der Waals surface area contributed by atoms with Gasteiger partial charge in [0.2, 0.25) is 5.88 Å². The maximum absolute atomic E-state index is 13.3. The fourth-order valence-corrected chi connectivity index (χ4v) is 5.05. The Kier molecular flexibility index (Phi) is 7.02. The highest BCUT2D eigenvalue weighted by Crippen LogP contribution is 2.28. The highest BCUT2D eigenvalue weighted by Gasteiger charge is 2.23. The minimum absolute atomic E-state index is 0.0200. The lowest BCUT2D eigenvalue weighted by molar-refractivity contribution is 0.186. The standard InChI is InChI=1S/C28H28ClN3O3/c29-20-9-7-10-21(17-20)32-27(33)23-12-4-3-11-22(23)24(28(32)34)18-30-19-25(26-13-8-16-35-26)31-14-5-1-2-6-15-31/h3-4,7-13,16-18,25,34H,1-2,5-6,14-15,19H2/t25-/m0/s1. The molecule has 2 aromatic heterocycles. The molecule has 1 N–H and O–H groups in total. The summed E-state index contributed by atoms with van der Waals surface area (Å²) in [6, 6.07) is 18.1. The molecule has 7 heteroatoms. The lowest BCUT2D eigenvalue weighted by Crippen LogP contribution is -2.31. The van der Waals surface area contributed by atoms with Crippen LogP contribution < -0.4 is 5.56 Å². The van der Waals surface area contributed by atoms with Gasteiger partial charge in [0.1, 0.15) is 5.76 Å². The summed E-state index contributed by atoms with van der Waals surface area (Å²) in [5.74, 6) is 0.728. The van der Waals surface area contributed by atoms with E-state index in [1.807, 2.05) is 30.3 Å². The molecule has 0 spiro atoms. The minimum Gasteiger partial charge on any atom is -0.494 e. The van der Waals surface area contributed by atoms with Crippen LogP contribution in [0.25, 0.3) is 16.5 Å². The van der Waals surface area contributed by atoms with Gasteiger partial charge in [0.05, 0.1) is 30.1 Å². The fraction of sp³-hybridized carbons (Fsp3) is 0.286. The Labute approximate surface area is 209 Å². The average molecular weight is 490 g/mol. The van der Waals surface area contributed by atoms with E-state index >= 15 is 0 Å². The quantitative estimate of drug-likeness (QED) is 0.338. The van der Waals surface area contributed by atoms with Crippen molar-refractivity contribution < 1.29 is 9.52 Å².